The zero-order chi connectivity index (χ0) is 58.5. The van der Waals surface area contributed by atoms with Crippen molar-refractivity contribution in [2.45, 2.75) is 425 Å². The Morgan fingerprint density at radius 1 is 0.235 bits per heavy atom. The molecule has 0 aliphatic carbocycles. The summed E-state index contributed by atoms with van der Waals surface area (Å²) in [6.07, 6.45) is 86.7. The quantitative estimate of drug-likeness (QED) is 0.0261. The second-order valence-electron chi connectivity index (χ2n) is 25.2. The Hall–Kier alpha value is -2.11. The minimum absolute atomic E-state index is 0.0657. The number of esters is 3. The fraction of sp³-hybridized carbons (Fsp3) is 0.907. The van der Waals surface area contributed by atoms with Crippen molar-refractivity contribution in [3.05, 3.63) is 24.3 Å². The maximum absolute atomic E-state index is 12.9. The van der Waals surface area contributed by atoms with Crippen LogP contribution < -0.4 is 0 Å². The van der Waals surface area contributed by atoms with Crippen molar-refractivity contribution in [2.75, 3.05) is 13.2 Å². The normalized spacial score (nSPS) is 12.1. The molecule has 0 fully saturated rings. The van der Waals surface area contributed by atoms with E-state index in [0.717, 1.165) is 57.8 Å². The highest BCUT2D eigenvalue weighted by Crippen LogP contribution is 2.19. The standard InChI is InChI=1S/C75H142O6/c1-4-7-10-13-16-19-21-23-25-27-29-31-32-33-34-35-36-37-38-39-40-41-42-44-45-47-49-51-53-56-59-62-65-68-74(77)80-71-72(70-79-73(76)67-64-61-58-55-18-15-12-9-6-3)81-75(78)69-66-63-60-57-54-52-50-48-46-43-30-28-26-24-22-20-17-14-11-8-5-2/h27-30,72H,4-26,31-71H2,1-3H3/b29-27-,30-28-. The average Bonchev–Trinajstić information content (AvgIpc) is 3.47. The molecular formula is C75H142O6. The van der Waals surface area contributed by atoms with Gasteiger partial charge in [-0.2, -0.15) is 0 Å². The number of unbranched alkanes of at least 4 members (excludes halogenated alkanes) is 54. The lowest BCUT2D eigenvalue weighted by Gasteiger charge is -2.18. The zero-order valence-corrected chi connectivity index (χ0v) is 55.1. The molecule has 1 unspecified atom stereocenters. The number of carbonyl (C=O) groups excluding carboxylic acids is 3. The molecule has 0 N–H and O–H groups in total. The molecule has 0 aromatic carbocycles. The summed E-state index contributed by atoms with van der Waals surface area (Å²) >= 11 is 0. The number of hydrogen-bond donors (Lipinski definition) is 0. The molecule has 478 valence electrons. The van der Waals surface area contributed by atoms with Crippen LogP contribution in [-0.2, 0) is 28.6 Å². The van der Waals surface area contributed by atoms with Crippen LogP contribution in [0, 0.1) is 0 Å². The van der Waals surface area contributed by atoms with Gasteiger partial charge in [-0.3, -0.25) is 14.4 Å². The summed E-state index contributed by atoms with van der Waals surface area (Å²) < 4.78 is 16.9. The van der Waals surface area contributed by atoms with Crippen LogP contribution in [0.3, 0.4) is 0 Å². The van der Waals surface area contributed by atoms with E-state index in [-0.39, 0.29) is 31.1 Å². The van der Waals surface area contributed by atoms with Crippen molar-refractivity contribution < 1.29 is 28.6 Å². The first-order valence-corrected chi connectivity index (χ1v) is 36.8. The number of hydrogen-bond acceptors (Lipinski definition) is 6. The molecule has 0 saturated heterocycles. The van der Waals surface area contributed by atoms with Gasteiger partial charge < -0.3 is 14.2 Å². The van der Waals surface area contributed by atoms with Gasteiger partial charge in [0.2, 0.25) is 0 Å². The van der Waals surface area contributed by atoms with E-state index in [0.29, 0.717) is 19.3 Å². The lowest BCUT2D eigenvalue weighted by molar-refractivity contribution is -0.167. The second-order valence-corrected chi connectivity index (χ2v) is 25.2. The highest BCUT2D eigenvalue weighted by atomic mass is 16.6. The molecule has 0 aromatic heterocycles. The van der Waals surface area contributed by atoms with E-state index < -0.39 is 6.10 Å². The summed E-state index contributed by atoms with van der Waals surface area (Å²) in [5.74, 6) is -0.840. The van der Waals surface area contributed by atoms with Crippen molar-refractivity contribution in [1.82, 2.24) is 0 Å². The van der Waals surface area contributed by atoms with Gasteiger partial charge in [0.05, 0.1) is 0 Å². The molecule has 1 atom stereocenters. The van der Waals surface area contributed by atoms with E-state index in [4.69, 9.17) is 14.2 Å². The van der Waals surface area contributed by atoms with Crippen molar-refractivity contribution in [1.29, 1.82) is 0 Å². The Morgan fingerprint density at radius 2 is 0.407 bits per heavy atom. The van der Waals surface area contributed by atoms with Crippen LogP contribution in [0.1, 0.15) is 419 Å². The zero-order valence-electron chi connectivity index (χ0n) is 55.1. The molecule has 81 heavy (non-hydrogen) atoms. The van der Waals surface area contributed by atoms with Crippen molar-refractivity contribution in [3.63, 3.8) is 0 Å². The minimum Gasteiger partial charge on any atom is -0.462 e. The maximum Gasteiger partial charge on any atom is 0.306 e. The van der Waals surface area contributed by atoms with E-state index >= 15 is 0 Å². The Kier molecular flexibility index (Phi) is 68.5. The molecular weight excluding hydrogens is 997 g/mol. The van der Waals surface area contributed by atoms with Gasteiger partial charge in [-0.1, -0.05) is 353 Å². The first-order valence-electron chi connectivity index (χ1n) is 36.8. The molecule has 0 bridgehead atoms. The van der Waals surface area contributed by atoms with E-state index in [1.165, 1.54) is 321 Å². The number of rotatable bonds is 69. The van der Waals surface area contributed by atoms with Crippen LogP contribution in [0.15, 0.2) is 24.3 Å². The van der Waals surface area contributed by atoms with E-state index in [1.54, 1.807) is 0 Å². The number of allylic oxidation sites excluding steroid dienone is 4. The van der Waals surface area contributed by atoms with Crippen molar-refractivity contribution in [3.8, 4) is 0 Å². The summed E-state index contributed by atoms with van der Waals surface area (Å²) in [6, 6.07) is 0. The van der Waals surface area contributed by atoms with Gasteiger partial charge in [-0.05, 0) is 70.6 Å². The molecule has 0 aliphatic rings. The van der Waals surface area contributed by atoms with Gasteiger partial charge in [0.25, 0.3) is 0 Å². The lowest BCUT2D eigenvalue weighted by atomic mass is 10.0. The number of carbonyl (C=O) groups is 3. The minimum atomic E-state index is -0.768. The number of ether oxygens (including phenoxy) is 3. The highest BCUT2D eigenvalue weighted by molar-refractivity contribution is 5.71. The third kappa shape index (κ3) is 68.6. The lowest BCUT2D eigenvalue weighted by Crippen LogP contribution is -2.30. The van der Waals surface area contributed by atoms with Gasteiger partial charge in [0.1, 0.15) is 13.2 Å². The second kappa shape index (κ2) is 70.4. The van der Waals surface area contributed by atoms with Crippen LogP contribution in [0.4, 0.5) is 0 Å². The average molecular weight is 1140 g/mol. The molecule has 0 heterocycles. The summed E-state index contributed by atoms with van der Waals surface area (Å²) in [5, 5.41) is 0. The topological polar surface area (TPSA) is 78.9 Å². The van der Waals surface area contributed by atoms with Crippen LogP contribution in [0.25, 0.3) is 0 Å². The third-order valence-electron chi connectivity index (χ3n) is 16.9. The summed E-state index contributed by atoms with van der Waals surface area (Å²) in [5.41, 5.74) is 0. The molecule has 0 saturated carbocycles. The summed E-state index contributed by atoms with van der Waals surface area (Å²) in [4.78, 5) is 38.3. The fourth-order valence-electron chi connectivity index (χ4n) is 11.4. The molecule has 0 spiro atoms. The van der Waals surface area contributed by atoms with E-state index in [1.807, 2.05) is 0 Å². The molecule has 0 aliphatic heterocycles. The molecule has 6 heteroatoms. The SMILES string of the molecule is CCCCCCCCCC/C=C\CCCCCCCCCCCCCCCCCCCCCCCC(=O)OCC(COC(=O)CCCCCCCCCCC)OC(=O)CCCCCCCCCCC/C=C\CCCCCCCCCC. The van der Waals surface area contributed by atoms with E-state index in [2.05, 4.69) is 45.1 Å². The van der Waals surface area contributed by atoms with Gasteiger partial charge in [-0.25, -0.2) is 0 Å². The van der Waals surface area contributed by atoms with Gasteiger partial charge in [0.15, 0.2) is 6.10 Å². The van der Waals surface area contributed by atoms with Crippen LogP contribution in [0.2, 0.25) is 0 Å². The first kappa shape index (κ1) is 78.9. The van der Waals surface area contributed by atoms with Crippen LogP contribution in [0.5, 0.6) is 0 Å². The highest BCUT2D eigenvalue weighted by Gasteiger charge is 2.20. The third-order valence-corrected chi connectivity index (χ3v) is 16.9. The Labute approximate surface area is 506 Å². The van der Waals surface area contributed by atoms with E-state index in [9.17, 15) is 14.4 Å². The van der Waals surface area contributed by atoms with Crippen molar-refractivity contribution in [2.24, 2.45) is 0 Å². The first-order chi connectivity index (χ1) is 40.0. The fourth-order valence-corrected chi connectivity index (χ4v) is 11.4. The van der Waals surface area contributed by atoms with Crippen LogP contribution in [-0.4, -0.2) is 37.2 Å². The molecule has 6 nitrogen and oxygen atoms in total. The van der Waals surface area contributed by atoms with Gasteiger partial charge in [0, 0.05) is 19.3 Å². The summed E-state index contributed by atoms with van der Waals surface area (Å²) in [6.45, 7) is 6.69. The van der Waals surface area contributed by atoms with Gasteiger partial charge >= 0.3 is 17.9 Å². The Morgan fingerprint density at radius 3 is 0.617 bits per heavy atom. The molecule has 0 aromatic rings. The smallest absolute Gasteiger partial charge is 0.306 e. The Balaban J connectivity index is 4.02. The van der Waals surface area contributed by atoms with Crippen LogP contribution >= 0.6 is 0 Å². The monoisotopic (exact) mass is 1140 g/mol. The predicted molar refractivity (Wildman–Crippen MR) is 353 cm³/mol. The predicted octanol–water partition coefficient (Wildman–Crippen LogP) is 25.3. The molecule has 0 radical (unpaired) electrons. The Bertz CT molecular complexity index is 1310. The largest absolute Gasteiger partial charge is 0.462 e. The van der Waals surface area contributed by atoms with Crippen molar-refractivity contribution >= 4 is 17.9 Å². The molecule has 0 amide bonds. The maximum atomic E-state index is 12.9. The van der Waals surface area contributed by atoms with Gasteiger partial charge in [-0.15, -0.1) is 0 Å². The summed E-state index contributed by atoms with van der Waals surface area (Å²) in [7, 11) is 0. The molecule has 0 rings (SSSR count).